The highest BCUT2D eigenvalue weighted by atomic mass is 32.2. The number of anilines is 1. The van der Waals surface area contributed by atoms with Crippen LogP contribution in [-0.2, 0) is 42.3 Å². The Kier molecular flexibility index (Phi) is 4.69. The molecule has 0 spiro atoms. The number of urea groups is 1. The average molecular weight is 431 g/mol. The van der Waals surface area contributed by atoms with Crippen molar-refractivity contribution in [1.82, 2.24) is 14.7 Å². The molecule has 3 aliphatic rings. The van der Waals surface area contributed by atoms with Crippen molar-refractivity contribution >= 4 is 21.6 Å². The number of aromatic nitrogens is 2. The van der Waals surface area contributed by atoms with Gasteiger partial charge in [-0.15, -0.1) is 4.36 Å². The van der Waals surface area contributed by atoms with Crippen LogP contribution in [0.15, 0.2) is 21.5 Å². The molecule has 0 radical (unpaired) electrons. The number of fused-ring (bicyclic) bond motifs is 3. The molecule has 2 unspecified atom stereocenters. The number of carbonyl (C=O) groups excluding carboxylic acids is 1. The molecule has 0 fully saturated rings. The zero-order chi connectivity index (χ0) is 21.0. The van der Waals surface area contributed by atoms with Gasteiger partial charge in [0.1, 0.15) is 0 Å². The molecule has 10 heteroatoms. The lowest BCUT2D eigenvalue weighted by atomic mass is 9.98. The highest BCUT2D eigenvalue weighted by Crippen LogP contribution is 2.42. The molecule has 0 saturated carbocycles. The van der Waals surface area contributed by atoms with E-state index in [1.807, 2.05) is 7.05 Å². The minimum atomic E-state index is -3.47. The zero-order valence-corrected chi connectivity index (χ0v) is 17.7. The first-order valence-electron chi connectivity index (χ1n) is 10.3. The molecule has 0 bridgehead atoms. The summed E-state index contributed by atoms with van der Waals surface area (Å²) in [6.07, 6.45) is 3.63. The molecule has 160 valence electrons. The Hall–Kier alpha value is -2.27. The van der Waals surface area contributed by atoms with Crippen molar-refractivity contribution in [3.05, 3.63) is 40.1 Å². The Morgan fingerprint density at radius 3 is 2.97 bits per heavy atom. The molecule has 5 rings (SSSR count). The molecule has 1 aromatic carbocycles. The Morgan fingerprint density at radius 2 is 2.13 bits per heavy atom. The van der Waals surface area contributed by atoms with E-state index < -0.39 is 22.1 Å². The largest absolute Gasteiger partial charge is 0.388 e. The first-order chi connectivity index (χ1) is 14.3. The van der Waals surface area contributed by atoms with Gasteiger partial charge in [0.2, 0.25) is 0 Å². The van der Waals surface area contributed by atoms with E-state index in [0.717, 1.165) is 53.8 Å². The smallest absolute Gasteiger partial charge is 0.354 e. The summed E-state index contributed by atoms with van der Waals surface area (Å²) >= 11 is 0. The third-order valence-corrected chi connectivity index (χ3v) is 7.52. The van der Waals surface area contributed by atoms with Gasteiger partial charge in [0.05, 0.1) is 18.3 Å². The number of nitrogens with one attached hydrogen (secondary N) is 1. The van der Waals surface area contributed by atoms with Crippen LogP contribution in [-0.4, -0.2) is 43.6 Å². The maximum atomic E-state index is 13.0. The molecule has 2 aliphatic carbocycles. The molecule has 30 heavy (non-hydrogen) atoms. The predicted octanol–water partition coefficient (Wildman–Crippen LogP) is 1.73. The van der Waals surface area contributed by atoms with Crippen molar-refractivity contribution < 1.29 is 14.1 Å². The van der Waals surface area contributed by atoms with E-state index in [4.69, 9.17) is 5.14 Å². The number of nitrogens with zero attached hydrogens (tertiary/aromatic N) is 4. The van der Waals surface area contributed by atoms with Gasteiger partial charge < -0.3 is 10.4 Å². The van der Waals surface area contributed by atoms with Crippen molar-refractivity contribution in [3.8, 4) is 0 Å². The molecular weight excluding hydrogens is 404 g/mol. The van der Waals surface area contributed by atoms with Gasteiger partial charge in [0.15, 0.2) is 14.9 Å². The van der Waals surface area contributed by atoms with Gasteiger partial charge in [-0.25, -0.2) is 14.1 Å². The van der Waals surface area contributed by atoms with Gasteiger partial charge in [0.25, 0.3) is 0 Å². The van der Waals surface area contributed by atoms with Crippen LogP contribution in [0, 0.1) is 0 Å². The van der Waals surface area contributed by atoms with Crippen molar-refractivity contribution in [2.75, 3.05) is 18.9 Å². The fourth-order valence-corrected chi connectivity index (χ4v) is 5.69. The van der Waals surface area contributed by atoms with Crippen molar-refractivity contribution in [2.45, 2.75) is 56.3 Å². The molecule has 2 heterocycles. The number of aryl methyl sites for hydroxylation is 1. The number of hydrogen-bond donors (Lipinski definition) is 3. The number of benzene rings is 1. The van der Waals surface area contributed by atoms with Crippen LogP contribution in [0.2, 0.25) is 0 Å². The van der Waals surface area contributed by atoms with Gasteiger partial charge in [-0.05, 0) is 67.5 Å². The minimum absolute atomic E-state index is 0.127. The predicted molar refractivity (Wildman–Crippen MR) is 112 cm³/mol. The maximum absolute atomic E-state index is 13.0. The van der Waals surface area contributed by atoms with E-state index in [9.17, 15) is 14.1 Å². The van der Waals surface area contributed by atoms with E-state index in [1.165, 1.54) is 0 Å². The number of hydrogen-bond acceptors (Lipinski definition) is 5. The van der Waals surface area contributed by atoms with Crippen molar-refractivity contribution in [1.29, 1.82) is 0 Å². The van der Waals surface area contributed by atoms with Crippen LogP contribution in [0.5, 0.6) is 0 Å². The maximum Gasteiger partial charge on any atom is 0.354 e. The van der Waals surface area contributed by atoms with E-state index >= 15 is 0 Å². The van der Waals surface area contributed by atoms with Crippen molar-refractivity contribution in [2.24, 2.45) is 9.50 Å². The molecule has 1 aliphatic heterocycles. The monoisotopic (exact) mass is 430 g/mol. The summed E-state index contributed by atoms with van der Waals surface area (Å²) in [6, 6.07) is 3.00. The highest BCUT2D eigenvalue weighted by Gasteiger charge is 2.29. The Morgan fingerprint density at radius 1 is 1.30 bits per heavy atom. The number of rotatable bonds is 2. The second-order valence-electron chi connectivity index (χ2n) is 8.39. The lowest BCUT2D eigenvalue weighted by molar-refractivity contribution is 0.180. The summed E-state index contributed by atoms with van der Waals surface area (Å²) in [5, 5.41) is 23.5. The molecule has 9 nitrogen and oxygen atoms in total. The second kappa shape index (κ2) is 7.16. The standard InChI is InChI=1S/C20H26N6O3S/c1-25-7-8-26-13(11-25)10-18(23-26)30(21,29)24-20(28)22-19-14-4-2-3-12(14)9-16-15(19)5-6-17(16)27/h9-10,17,27H,2-8,11H2,1H3,(H3,21,22,24,28,29). The molecule has 2 amide bonds. The molecule has 0 saturated heterocycles. The molecule has 2 aromatic rings. The second-order valence-corrected chi connectivity index (χ2v) is 10.1. The number of amides is 2. The molecule has 4 N–H and O–H groups in total. The third-order valence-electron chi connectivity index (χ3n) is 6.29. The summed E-state index contributed by atoms with van der Waals surface area (Å²) in [7, 11) is -1.47. The Bertz CT molecular complexity index is 1160. The number of carbonyl (C=O) groups is 1. The Balaban J connectivity index is 1.46. The Labute approximate surface area is 175 Å². The average Bonchev–Trinajstić information content (AvgIpc) is 3.40. The van der Waals surface area contributed by atoms with Gasteiger partial charge in [-0.2, -0.15) is 5.10 Å². The van der Waals surface area contributed by atoms with Gasteiger partial charge in [-0.1, -0.05) is 6.07 Å². The van der Waals surface area contributed by atoms with Gasteiger partial charge >= 0.3 is 6.03 Å². The van der Waals surface area contributed by atoms with E-state index in [0.29, 0.717) is 31.6 Å². The lowest BCUT2D eigenvalue weighted by Gasteiger charge is -2.22. The van der Waals surface area contributed by atoms with Crippen LogP contribution in [0.3, 0.4) is 0 Å². The molecule has 2 atom stereocenters. The van der Waals surface area contributed by atoms with Crippen LogP contribution in [0.25, 0.3) is 0 Å². The quantitative estimate of drug-likeness (QED) is 0.669. The first kappa shape index (κ1) is 19.7. The van der Waals surface area contributed by atoms with Gasteiger partial charge in [-0.3, -0.25) is 9.58 Å². The van der Waals surface area contributed by atoms with Crippen LogP contribution >= 0.6 is 0 Å². The fourth-order valence-electron chi connectivity index (χ4n) is 4.78. The normalized spacial score (nSPS) is 22.2. The highest BCUT2D eigenvalue weighted by molar-refractivity contribution is 7.91. The molecule has 1 aromatic heterocycles. The van der Waals surface area contributed by atoms with Crippen LogP contribution in [0.1, 0.15) is 46.9 Å². The van der Waals surface area contributed by atoms with E-state index in [1.54, 1.807) is 10.7 Å². The van der Waals surface area contributed by atoms with Crippen LogP contribution < -0.4 is 10.5 Å². The fraction of sp³-hybridized carbons (Fsp3) is 0.500. The third kappa shape index (κ3) is 3.33. The zero-order valence-electron chi connectivity index (χ0n) is 16.9. The lowest BCUT2D eigenvalue weighted by Crippen LogP contribution is -2.30. The number of nitrogens with two attached hydrogens (primary N) is 1. The SMILES string of the molecule is CN1CCn2nc(S(N)(=O)=NC(=O)Nc3c4c(cc5c3CCC5O)CCC4)cc2C1. The summed E-state index contributed by atoms with van der Waals surface area (Å²) in [6.45, 7) is 2.20. The molecular formula is C20H26N6O3S. The number of likely N-dealkylation sites (N-methyl/N-ethyl adjacent to an activating group) is 1. The van der Waals surface area contributed by atoms with E-state index in [-0.39, 0.29) is 5.03 Å². The topological polar surface area (TPSA) is 126 Å². The van der Waals surface area contributed by atoms with Crippen LogP contribution in [0.4, 0.5) is 10.5 Å². The number of aliphatic hydroxyl groups excluding tert-OH is 1. The summed E-state index contributed by atoms with van der Waals surface area (Å²) in [5.74, 6) is 0. The minimum Gasteiger partial charge on any atom is -0.388 e. The summed E-state index contributed by atoms with van der Waals surface area (Å²) < 4.78 is 18.6. The summed E-state index contributed by atoms with van der Waals surface area (Å²) in [5.41, 5.74) is 5.70. The first-order valence-corrected chi connectivity index (χ1v) is 11.9. The van der Waals surface area contributed by atoms with Gasteiger partial charge in [0, 0.05) is 18.8 Å². The van der Waals surface area contributed by atoms with Crippen molar-refractivity contribution in [3.63, 3.8) is 0 Å². The number of aliphatic hydroxyl groups is 1. The van der Waals surface area contributed by atoms with E-state index in [2.05, 4.69) is 25.7 Å². The summed E-state index contributed by atoms with van der Waals surface area (Å²) in [4.78, 5) is 14.9.